The van der Waals surface area contributed by atoms with Crippen molar-refractivity contribution in [3.05, 3.63) is 0 Å². The van der Waals surface area contributed by atoms with Crippen molar-refractivity contribution < 1.29 is 5.11 Å². The number of aliphatic hydroxyl groups is 1. The minimum atomic E-state index is -0.648. The minimum absolute atomic E-state index is 0.617. The van der Waals surface area contributed by atoms with E-state index in [-0.39, 0.29) is 0 Å². The van der Waals surface area contributed by atoms with Gasteiger partial charge in [0, 0.05) is 0 Å². The second kappa shape index (κ2) is 7.61. The standard InChI is InChI=1S/C3H6Cl2O.C3H9N/c1-2(6)3(4)5;1-4(2)3/h2-3,6H,1H3;1-3H3. The number of rotatable bonds is 1. The van der Waals surface area contributed by atoms with Crippen molar-refractivity contribution in [3.8, 4) is 0 Å². The van der Waals surface area contributed by atoms with Crippen LogP contribution in [0, 0.1) is 0 Å². The second-order valence-corrected chi connectivity index (χ2v) is 3.58. The molecule has 0 aliphatic heterocycles. The van der Waals surface area contributed by atoms with Crippen LogP contribution in [0.15, 0.2) is 0 Å². The van der Waals surface area contributed by atoms with Crippen LogP contribution in [0.5, 0.6) is 0 Å². The molecule has 0 saturated carbocycles. The topological polar surface area (TPSA) is 23.5 Å². The molecule has 0 amide bonds. The number of hydrogen-bond acceptors (Lipinski definition) is 2. The van der Waals surface area contributed by atoms with Gasteiger partial charge in [-0.15, -0.1) is 23.2 Å². The molecule has 0 heterocycles. The molecule has 0 bridgehead atoms. The highest BCUT2D eigenvalue weighted by Gasteiger charge is 2.03. The molecule has 2 nitrogen and oxygen atoms in total. The molecule has 0 aromatic carbocycles. The Morgan fingerprint density at radius 3 is 1.30 bits per heavy atom. The van der Waals surface area contributed by atoms with Gasteiger partial charge in [-0.05, 0) is 28.1 Å². The average molecular weight is 188 g/mol. The highest BCUT2D eigenvalue weighted by Crippen LogP contribution is 2.05. The molecule has 0 radical (unpaired) electrons. The number of hydrogen-bond donors (Lipinski definition) is 1. The van der Waals surface area contributed by atoms with Gasteiger partial charge in [-0.2, -0.15) is 0 Å². The third-order valence-corrected chi connectivity index (χ3v) is 1.09. The molecule has 0 aliphatic carbocycles. The highest BCUT2D eigenvalue weighted by atomic mass is 35.5. The van der Waals surface area contributed by atoms with E-state index in [1.165, 1.54) is 6.92 Å². The van der Waals surface area contributed by atoms with Crippen molar-refractivity contribution in [2.75, 3.05) is 21.1 Å². The van der Waals surface area contributed by atoms with Crippen LogP contribution in [0.2, 0.25) is 0 Å². The van der Waals surface area contributed by atoms with E-state index < -0.39 is 10.9 Å². The van der Waals surface area contributed by atoms with Gasteiger partial charge >= 0.3 is 0 Å². The van der Waals surface area contributed by atoms with Crippen molar-refractivity contribution in [1.29, 1.82) is 0 Å². The molecule has 4 heteroatoms. The summed E-state index contributed by atoms with van der Waals surface area (Å²) in [6.45, 7) is 1.53. The molecule has 1 atom stereocenters. The molecule has 1 unspecified atom stereocenters. The fourth-order valence-corrected chi connectivity index (χ4v) is 0. The molecule has 0 aliphatic rings. The molecule has 0 spiro atoms. The molecule has 0 aromatic heterocycles. The van der Waals surface area contributed by atoms with Gasteiger partial charge in [-0.3, -0.25) is 0 Å². The van der Waals surface area contributed by atoms with Gasteiger partial charge in [0.05, 0.1) is 6.10 Å². The van der Waals surface area contributed by atoms with Gasteiger partial charge in [0.25, 0.3) is 0 Å². The smallest absolute Gasteiger partial charge is 0.133 e. The normalized spacial score (nSPS) is 12.9. The van der Waals surface area contributed by atoms with Crippen LogP contribution in [0.1, 0.15) is 6.92 Å². The molecular formula is C6H15Cl2NO. The van der Waals surface area contributed by atoms with Gasteiger partial charge in [0.2, 0.25) is 0 Å². The van der Waals surface area contributed by atoms with E-state index >= 15 is 0 Å². The molecule has 1 N–H and O–H groups in total. The minimum Gasteiger partial charge on any atom is -0.391 e. The molecule has 10 heavy (non-hydrogen) atoms. The third-order valence-electron chi connectivity index (χ3n) is 0.365. The quantitative estimate of drug-likeness (QED) is 0.628. The van der Waals surface area contributed by atoms with E-state index in [9.17, 15) is 0 Å². The Balaban J connectivity index is 0. The Bertz CT molecular complexity index is 58.0. The Labute approximate surface area is 72.7 Å². The summed E-state index contributed by atoms with van der Waals surface area (Å²) in [5.74, 6) is 0. The zero-order valence-electron chi connectivity index (χ0n) is 6.81. The van der Waals surface area contributed by atoms with Crippen LogP contribution in [0.25, 0.3) is 0 Å². The maximum Gasteiger partial charge on any atom is 0.133 e. The lowest BCUT2D eigenvalue weighted by Gasteiger charge is -1.99. The van der Waals surface area contributed by atoms with Gasteiger partial charge in [0.15, 0.2) is 0 Å². The van der Waals surface area contributed by atoms with Gasteiger partial charge in [0.1, 0.15) is 4.84 Å². The van der Waals surface area contributed by atoms with E-state index in [1.807, 2.05) is 26.0 Å². The summed E-state index contributed by atoms with van der Waals surface area (Å²) in [6.07, 6.45) is -0.617. The Kier molecular flexibility index (Phi) is 9.97. The third kappa shape index (κ3) is 23.6. The number of alkyl halides is 2. The van der Waals surface area contributed by atoms with Crippen LogP contribution in [-0.2, 0) is 0 Å². The van der Waals surface area contributed by atoms with Crippen LogP contribution >= 0.6 is 23.2 Å². The monoisotopic (exact) mass is 187 g/mol. The average Bonchev–Trinajstić information content (AvgIpc) is 1.63. The summed E-state index contributed by atoms with van der Waals surface area (Å²) in [4.78, 5) is 1.35. The summed E-state index contributed by atoms with van der Waals surface area (Å²) in [5, 5.41) is 8.37. The Hall–Kier alpha value is 0.500. The van der Waals surface area contributed by atoms with E-state index in [0.717, 1.165) is 0 Å². The largest absolute Gasteiger partial charge is 0.391 e. The van der Waals surface area contributed by atoms with Crippen molar-refractivity contribution in [2.24, 2.45) is 0 Å². The van der Waals surface area contributed by atoms with Crippen molar-refractivity contribution in [1.82, 2.24) is 4.90 Å². The summed E-state index contributed by atoms with van der Waals surface area (Å²) in [6, 6.07) is 0. The summed E-state index contributed by atoms with van der Waals surface area (Å²) >= 11 is 10.3. The maximum atomic E-state index is 8.37. The molecule has 0 aromatic rings. The highest BCUT2D eigenvalue weighted by molar-refractivity contribution is 6.44. The van der Waals surface area contributed by atoms with Crippen LogP contribution < -0.4 is 0 Å². The lowest BCUT2D eigenvalue weighted by Crippen LogP contribution is -2.08. The van der Waals surface area contributed by atoms with Gasteiger partial charge < -0.3 is 10.0 Å². The second-order valence-electron chi connectivity index (χ2n) is 2.42. The van der Waals surface area contributed by atoms with Crippen molar-refractivity contribution >= 4 is 23.2 Å². The van der Waals surface area contributed by atoms with Crippen LogP contribution in [0.3, 0.4) is 0 Å². The Morgan fingerprint density at radius 1 is 1.20 bits per heavy atom. The molecule has 0 rings (SSSR count). The first-order chi connectivity index (χ1) is 4.37. The number of aliphatic hydroxyl groups excluding tert-OH is 1. The first kappa shape index (κ1) is 13.1. The fraction of sp³-hybridized carbons (Fsp3) is 1.00. The predicted molar refractivity (Wildman–Crippen MR) is 46.8 cm³/mol. The van der Waals surface area contributed by atoms with Gasteiger partial charge in [-0.25, -0.2) is 0 Å². The predicted octanol–water partition coefficient (Wildman–Crippen LogP) is 1.35. The van der Waals surface area contributed by atoms with E-state index in [1.54, 1.807) is 0 Å². The van der Waals surface area contributed by atoms with Crippen molar-refractivity contribution in [3.63, 3.8) is 0 Å². The SMILES string of the molecule is CC(O)C(Cl)Cl.CN(C)C. The van der Waals surface area contributed by atoms with Crippen molar-refractivity contribution in [2.45, 2.75) is 17.9 Å². The first-order valence-electron chi connectivity index (χ1n) is 2.95. The molecule has 0 fully saturated rings. The number of halogens is 2. The summed E-state index contributed by atoms with van der Waals surface area (Å²) in [5.41, 5.74) is 0. The first-order valence-corrected chi connectivity index (χ1v) is 3.82. The number of nitrogens with zero attached hydrogens (tertiary/aromatic N) is 1. The zero-order valence-corrected chi connectivity index (χ0v) is 8.32. The summed E-state index contributed by atoms with van der Waals surface area (Å²) < 4.78 is 0. The molecule has 64 valence electrons. The van der Waals surface area contributed by atoms with Gasteiger partial charge in [-0.1, -0.05) is 0 Å². The molecular weight excluding hydrogens is 173 g/mol. The lowest BCUT2D eigenvalue weighted by molar-refractivity contribution is 0.209. The zero-order chi connectivity index (χ0) is 8.73. The molecule has 0 saturated heterocycles. The van der Waals surface area contributed by atoms with E-state index in [2.05, 4.69) is 0 Å². The maximum absolute atomic E-state index is 8.37. The fourth-order valence-electron chi connectivity index (χ4n) is 0. The Morgan fingerprint density at radius 2 is 1.30 bits per heavy atom. The van der Waals surface area contributed by atoms with E-state index in [0.29, 0.717) is 0 Å². The lowest BCUT2D eigenvalue weighted by atomic mass is 10.5. The van der Waals surface area contributed by atoms with Crippen LogP contribution in [0.4, 0.5) is 0 Å². The van der Waals surface area contributed by atoms with E-state index in [4.69, 9.17) is 28.3 Å². The van der Waals surface area contributed by atoms with Crippen LogP contribution in [-0.4, -0.2) is 42.1 Å². The summed E-state index contributed by atoms with van der Waals surface area (Å²) in [7, 11) is 6.00.